The molecule has 0 radical (unpaired) electrons. The summed E-state index contributed by atoms with van der Waals surface area (Å²) in [4.78, 5) is 20.6. The molecule has 0 bridgehead atoms. The van der Waals surface area contributed by atoms with Crippen molar-refractivity contribution in [3.8, 4) is 5.88 Å². The smallest absolute Gasteiger partial charge is 0.259 e. The molecule has 2 rings (SSSR count). The van der Waals surface area contributed by atoms with Crippen molar-refractivity contribution in [3.05, 3.63) is 40.6 Å². The van der Waals surface area contributed by atoms with Gasteiger partial charge in [-0.3, -0.25) is 4.79 Å². The Morgan fingerprint density at radius 2 is 2.14 bits per heavy atom. The number of aromatic nitrogens is 2. The molecule has 1 amide bonds. The van der Waals surface area contributed by atoms with Crippen LogP contribution in [-0.4, -0.2) is 29.5 Å². The zero-order valence-electron chi connectivity index (χ0n) is 11.7. The zero-order valence-corrected chi connectivity index (χ0v) is 13.3. The summed E-state index contributed by atoms with van der Waals surface area (Å²) < 4.78 is 5.71. The second-order valence-electron chi connectivity index (χ2n) is 4.12. The van der Waals surface area contributed by atoms with Crippen LogP contribution >= 0.6 is 15.9 Å². The lowest BCUT2D eigenvalue weighted by Crippen LogP contribution is -2.16. The van der Waals surface area contributed by atoms with Gasteiger partial charge in [0, 0.05) is 23.3 Å². The number of rotatable bonds is 5. The third kappa shape index (κ3) is 3.91. The van der Waals surface area contributed by atoms with Crippen LogP contribution in [0.4, 0.5) is 11.5 Å². The van der Waals surface area contributed by atoms with Gasteiger partial charge in [-0.2, -0.15) is 0 Å². The Balaban J connectivity index is 2.20. The molecule has 0 aromatic carbocycles. The maximum absolute atomic E-state index is 12.3. The topological polar surface area (TPSA) is 76.1 Å². The quantitative estimate of drug-likeness (QED) is 0.866. The summed E-state index contributed by atoms with van der Waals surface area (Å²) in [6.45, 7) is 2.62. The molecule has 21 heavy (non-hydrogen) atoms. The first-order valence-electron chi connectivity index (χ1n) is 6.35. The zero-order chi connectivity index (χ0) is 15.2. The summed E-state index contributed by atoms with van der Waals surface area (Å²) in [5.41, 5.74) is 1.05. The van der Waals surface area contributed by atoms with Gasteiger partial charge < -0.3 is 15.4 Å². The molecule has 0 aliphatic heterocycles. The molecule has 0 aliphatic rings. The van der Waals surface area contributed by atoms with E-state index in [-0.39, 0.29) is 5.91 Å². The number of pyridine rings is 2. The Morgan fingerprint density at radius 1 is 1.33 bits per heavy atom. The Hall–Kier alpha value is -2.15. The lowest BCUT2D eigenvalue weighted by Gasteiger charge is -2.10. The van der Waals surface area contributed by atoms with Gasteiger partial charge in [-0.05, 0) is 35.0 Å². The summed E-state index contributed by atoms with van der Waals surface area (Å²) in [7, 11) is 1.54. The van der Waals surface area contributed by atoms with Crippen LogP contribution in [0.25, 0.3) is 0 Å². The van der Waals surface area contributed by atoms with E-state index >= 15 is 0 Å². The van der Waals surface area contributed by atoms with Crippen LogP contribution in [-0.2, 0) is 0 Å². The van der Waals surface area contributed by atoms with Crippen LogP contribution in [0.5, 0.6) is 5.88 Å². The van der Waals surface area contributed by atoms with Crippen molar-refractivity contribution >= 4 is 33.3 Å². The number of nitrogens with zero attached hydrogens (tertiary/aromatic N) is 2. The van der Waals surface area contributed by atoms with Crippen molar-refractivity contribution in [3.63, 3.8) is 0 Å². The highest BCUT2D eigenvalue weighted by Gasteiger charge is 2.13. The second-order valence-corrected chi connectivity index (χ2v) is 5.04. The molecule has 2 N–H and O–H groups in total. The molecule has 0 unspecified atom stereocenters. The molecule has 7 heteroatoms. The maximum Gasteiger partial charge on any atom is 0.259 e. The summed E-state index contributed by atoms with van der Waals surface area (Å²) in [5, 5.41) is 5.84. The van der Waals surface area contributed by atoms with E-state index in [1.165, 1.54) is 13.3 Å². The van der Waals surface area contributed by atoms with E-state index in [1.807, 2.05) is 6.92 Å². The standard InChI is InChI=1S/C14H15BrN4O2/c1-3-16-13-11(6-9(15)7-18-13)14(20)19-10-4-5-12(21-2)17-8-10/h4-8H,3H2,1-2H3,(H,16,18)(H,19,20). The fraction of sp³-hybridized carbons (Fsp3) is 0.214. The van der Waals surface area contributed by atoms with Crippen LogP contribution < -0.4 is 15.4 Å². The van der Waals surface area contributed by atoms with Gasteiger partial charge in [0.2, 0.25) is 5.88 Å². The highest BCUT2D eigenvalue weighted by atomic mass is 79.9. The lowest BCUT2D eigenvalue weighted by atomic mass is 10.2. The third-order valence-electron chi connectivity index (χ3n) is 2.65. The van der Waals surface area contributed by atoms with Crippen LogP contribution in [0.3, 0.4) is 0 Å². The minimum atomic E-state index is -0.258. The van der Waals surface area contributed by atoms with Crippen molar-refractivity contribution in [2.24, 2.45) is 0 Å². The molecular weight excluding hydrogens is 336 g/mol. The number of carbonyl (C=O) groups excluding carboxylic acids is 1. The van der Waals surface area contributed by atoms with Gasteiger partial charge in [0.05, 0.1) is 24.6 Å². The van der Waals surface area contributed by atoms with Crippen molar-refractivity contribution in [1.82, 2.24) is 9.97 Å². The summed E-state index contributed by atoms with van der Waals surface area (Å²) in [5.74, 6) is 0.775. The van der Waals surface area contributed by atoms with Crippen molar-refractivity contribution < 1.29 is 9.53 Å². The van der Waals surface area contributed by atoms with Gasteiger partial charge in [-0.1, -0.05) is 0 Å². The molecule has 0 saturated carbocycles. The largest absolute Gasteiger partial charge is 0.481 e. The molecule has 0 saturated heterocycles. The highest BCUT2D eigenvalue weighted by Crippen LogP contribution is 2.20. The number of ether oxygens (including phenoxy) is 1. The summed E-state index contributed by atoms with van der Waals surface area (Å²) in [6.07, 6.45) is 3.18. The fourth-order valence-corrected chi connectivity index (χ4v) is 2.03. The van der Waals surface area contributed by atoms with Gasteiger partial charge in [0.15, 0.2) is 0 Å². The number of amides is 1. The molecule has 0 atom stereocenters. The van der Waals surface area contributed by atoms with E-state index < -0.39 is 0 Å². The molecule has 2 heterocycles. The number of methoxy groups -OCH3 is 1. The average Bonchev–Trinajstić information content (AvgIpc) is 2.50. The molecule has 0 spiro atoms. The number of carbonyl (C=O) groups is 1. The van der Waals surface area contributed by atoms with Crippen molar-refractivity contribution in [2.45, 2.75) is 6.92 Å². The first-order valence-corrected chi connectivity index (χ1v) is 7.14. The van der Waals surface area contributed by atoms with E-state index in [2.05, 4.69) is 36.5 Å². The van der Waals surface area contributed by atoms with Gasteiger partial charge in [0.1, 0.15) is 5.82 Å². The SMILES string of the molecule is CCNc1ncc(Br)cc1C(=O)Nc1ccc(OC)nc1. The Labute approximate surface area is 131 Å². The second kappa shape index (κ2) is 7.03. The first-order chi connectivity index (χ1) is 10.1. The van der Waals surface area contributed by atoms with Gasteiger partial charge in [-0.25, -0.2) is 9.97 Å². The number of nitrogens with one attached hydrogen (secondary N) is 2. The number of anilines is 2. The fourth-order valence-electron chi connectivity index (χ4n) is 1.69. The monoisotopic (exact) mass is 350 g/mol. The Bertz CT molecular complexity index is 631. The Kier molecular flexibility index (Phi) is 5.10. The minimum Gasteiger partial charge on any atom is -0.481 e. The highest BCUT2D eigenvalue weighted by molar-refractivity contribution is 9.10. The molecule has 0 fully saturated rings. The third-order valence-corrected chi connectivity index (χ3v) is 3.08. The van der Waals surface area contributed by atoms with E-state index in [0.29, 0.717) is 29.5 Å². The van der Waals surface area contributed by atoms with Crippen molar-refractivity contribution in [2.75, 3.05) is 24.3 Å². The first kappa shape index (κ1) is 15.2. The minimum absolute atomic E-state index is 0.258. The van der Waals surface area contributed by atoms with Gasteiger partial charge in [-0.15, -0.1) is 0 Å². The summed E-state index contributed by atoms with van der Waals surface area (Å²) >= 11 is 3.32. The maximum atomic E-state index is 12.3. The van der Waals surface area contributed by atoms with Crippen LogP contribution in [0.15, 0.2) is 35.1 Å². The number of hydrogen-bond donors (Lipinski definition) is 2. The lowest BCUT2D eigenvalue weighted by molar-refractivity contribution is 0.102. The van der Waals surface area contributed by atoms with Crippen LogP contribution in [0.2, 0.25) is 0 Å². The van der Waals surface area contributed by atoms with Gasteiger partial charge in [0.25, 0.3) is 5.91 Å². The predicted molar refractivity (Wildman–Crippen MR) is 84.8 cm³/mol. The molecular formula is C14H15BrN4O2. The van der Waals surface area contributed by atoms with Crippen LogP contribution in [0.1, 0.15) is 17.3 Å². The molecule has 0 aliphatic carbocycles. The van der Waals surface area contributed by atoms with E-state index in [9.17, 15) is 4.79 Å². The normalized spacial score (nSPS) is 10.0. The molecule has 2 aromatic heterocycles. The van der Waals surface area contributed by atoms with E-state index in [1.54, 1.807) is 24.4 Å². The summed E-state index contributed by atoms with van der Waals surface area (Å²) in [6, 6.07) is 5.12. The molecule has 6 nitrogen and oxygen atoms in total. The van der Waals surface area contributed by atoms with E-state index in [0.717, 1.165) is 4.47 Å². The van der Waals surface area contributed by atoms with Gasteiger partial charge >= 0.3 is 0 Å². The number of halogens is 1. The van der Waals surface area contributed by atoms with Crippen LogP contribution in [0, 0.1) is 0 Å². The van der Waals surface area contributed by atoms with Crippen molar-refractivity contribution in [1.29, 1.82) is 0 Å². The number of hydrogen-bond acceptors (Lipinski definition) is 5. The van der Waals surface area contributed by atoms with E-state index in [4.69, 9.17) is 4.74 Å². The molecule has 110 valence electrons. The molecule has 2 aromatic rings. The Morgan fingerprint density at radius 3 is 2.76 bits per heavy atom. The predicted octanol–water partition coefficient (Wildman–Crippen LogP) is 2.93. The average molecular weight is 351 g/mol.